The molecule has 2 amide bonds. The molecule has 1 aromatic heterocycles. The number of hydrogen-bond acceptors (Lipinski definition) is 5. The summed E-state index contributed by atoms with van der Waals surface area (Å²) in [7, 11) is 0. The summed E-state index contributed by atoms with van der Waals surface area (Å²) in [5, 5.41) is 7.05. The van der Waals surface area contributed by atoms with Gasteiger partial charge in [-0.25, -0.2) is 4.79 Å². The average molecular weight is 343 g/mol. The maximum Gasteiger partial charge on any atom is 0.322 e. The van der Waals surface area contributed by atoms with Crippen LogP contribution >= 0.6 is 0 Å². The molecule has 2 aromatic rings. The summed E-state index contributed by atoms with van der Waals surface area (Å²) in [6.45, 7) is 4.90. The molecular weight excluding hydrogens is 322 g/mol. The predicted octanol–water partition coefficient (Wildman–Crippen LogP) is 3.64. The van der Waals surface area contributed by atoms with Crippen molar-refractivity contribution in [1.29, 1.82) is 0 Å². The molecule has 0 saturated carbocycles. The summed E-state index contributed by atoms with van der Waals surface area (Å²) in [6.07, 6.45) is 2.65. The van der Waals surface area contributed by atoms with E-state index in [1.807, 2.05) is 24.8 Å². The number of aryl methyl sites for hydroxylation is 2. The first-order valence-corrected chi connectivity index (χ1v) is 8.59. The van der Waals surface area contributed by atoms with Crippen LogP contribution in [0.1, 0.15) is 42.8 Å². The van der Waals surface area contributed by atoms with Gasteiger partial charge in [-0.2, -0.15) is 0 Å². The first kappa shape index (κ1) is 15.8. The minimum atomic E-state index is -0.121. The summed E-state index contributed by atoms with van der Waals surface area (Å²) >= 11 is 0. The number of anilines is 1. The van der Waals surface area contributed by atoms with E-state index in [4.69, 9.17) is 14.0 Å². The molecule has 0 bridgehead atoms. The normalized spacial score (nSPS) is 18.6. The number of benzene rings is 1. The van der Waals surface area contributed by atoms with Crippen LogP contribution in [-0.2, 0) is 6.42 Å². The van der Waals surface area contributed by atoms with E-state index in [1.54, 1.807) is 12.1 Å². The highest BCUT2D eigenvalue weighted by Crippen LogP contribution is 2.37. The molecule has 0 radical (unpaired) electrons. The fraction of sp³-hybridized carbons (Fsp3) is 0.444. The Hall–Kier alpha value is -2.70. The lowest BCUT2D eigenvalue weighted by Gasteiger charge is -2.25. The Kier molecular flexibility index (Phi) is 3.99. The molecule has 0 spiro atoms. The van der Waals surface area contributed by atoms with Gasteiger partial charge in [0.25, 0.3) is 0 Å². The molecule has 25 heavy (non-hydrogen) atoms. The Bertz CT molecular complexity index is 802. The standard InChI is InChI=1S/C18H21N3O4/c1-3-14-17(11(2)20-25-14)13-5-4-8-21(13)18(22)19-12-6-7-15-16(9-12)24-10-23-15/h6-7,9,13H,3-5,8,10H2,1-2H3,(H,19,22)/t13-/m1/s1. The first-order valence-electron chi connectivity index (χ1n) is 8.59. The molecule has 1 N–H and O–H groups in total. The van der Waals surface area contributed by atoms with Gasteiger partial charge >= 0.3 is 6.03 Å². The number of amides is 2. The third-order valence-corrected chi connectivity index (χ3v) is 4.77. The number of carbonyl (C=O) groups is 1. The van der Waals surface area contributed by atoms with Crippen LogP contribution in [0.15, 0.2) is 22.7 Å². The highest BCUT2D eigenvalue weighted by atomic mass is 16.7. The molecule has 1 atom stereocenters. The number of likely N-dealkylation sites (tertiary alicyclic amines) is 1. The Morgan fingerprint density at radius 3 is 3.04 bits per heavy atom. The van der Waals surface area contributed by atoms with Crippen molar-refractivity contribution in [2.24, 2.45) is 0 Å². The van der Waals surface area contributed by atoms with Gasteiger partial charge in [-0.05, 0) is 31.9 Å². The second-order valence-corrected chi connectivity index (χ2v) is 6.31. The topological polar surface area (TPSA) is 76.8 Å². The lowest BCUT2D eigenvalue weighted by molar-refractivity contribution is 0.174. The number of nitrogens with zero attached hydrogens (tertiary/aromatic N) is 2. The van der Waals surface area contributed by atoms with Crippen molar-refractivity contribution in [3.8, 4) is 11.5 Å². The number of fused-ring (bicyclic) bond motifs is 1. The SMILES string of the molecule is CCc1onc(C)c1[C@H]1CCCN1C(=O)Nc1ccc2c(c1)OCO2. The molecule has 132 valence electrons. The van der Waals surface area contributed by atoms with Crippen molar-refractivity contribution < 1.29 is 18.8 Å². The van der Waals surface area contributed by atoms with Crippen molar-refractivity contribution in [1.82, 2.24) is 10.1 Å². The van der Waals surface area contributed by atoms with Crippen LogP contribution in [0.2, 0.25) is 0 Å². The molecule has 7 heteroatoms. The van der Waals surface area contributed by atoms with E-state index in [2.05, 4.69) is 10.5 Å². The molecule has 1 aromatic carbocycles. The van der Waals surface area contributed by atoms with Gasteiger partial charge in [0.05, 0.1) is 11.7 Å². The van der Waals surface area contributed by atoms with Gasteiger partial charge in [0.1, 0.15) is 5.76 Å². The van der Waals surface area contributed by atoms with E-state index in [9.17, 15) is 4.79 Å². The second kappa shape index (κ2) is 6.31. The lowest BCUT2D eigenvalue weighted by atomic mass is 10.0. The van der Waals surface area contributed by atoms with E-state index in [1.165, 1.54) is 0 Å². The zero-order chi connectivity index (χ0) is 17.4. The largest absolute Gasteiger partial charge is 0.454 e. The quantitative estimate of drug-likeness (QED) is 0.920. The van der Waals surface area contributed by atoms with Crippen molar-refractivity contribution >= 4 is 11.7 Å². The van der Waals surface area contributed by atoms with E-state index in [0.717, 1.165) is 42.8 Å². The smallest absolute Gasteiger partial charge is 0.322 e. The van der Waals surface area contributed by atoms with E-state index in [-0.39, 0.29) is 18.9 Å². The lowest BCUT2D eigenvalue weighted by Crippen LogP contribution is -2.34. The van der Waals surface area contributed by atoms with Crippen LogP contribution in [0, 0.1) is 6.92 Å². The third kappa shape index (κ3) is 2.79. The van der Waals surface area contributed by atoms with Gasteiger partial charge in [0, 0.05) is 30.3 Å². The molecule has 1 fully saturated rings. The minimum Gasteiger partial charge on any atom is -0.454 e. The zero-order valence-corrected chi connectivity index (χ0v) is 14.4. The molecular formula is C18H21N3O4. The number of aromatic nitrogens is 1. The highest BCUT2D eigenvalue weighted by molar-refractivity contribution is 5.90. The third-order valence-electron chi connectivity index (χ3n) is 4.77. The first-order chi connectivity index (χ1) is 12.2. The van der Waals surface area contributed by atoms with Crippen LogP contribution in [-0.4, -0.2) is 29.4 Å². The fourth-order valence-corrected chi connectivity index (χ4v) is 3.59. The van der Waals surface area contributed by atoms with Crippen LogP contribution in [0.5, 0.6) is 11.5 Å². The number of hydrogen-bond donors (Lipinski definition) is 1. The Morgan fingerprint density at radius 2 is 2.20 bits per heavy atom. The van der Waals surface area contributed by atoms with Crippen molar-refractivity contribution in [2.75, 3.05) is 18.7 Å². The summed E-state index contributed by atoms with van der Waals surface area (Å²) in [5.74, 6) is 2.22. The van der Waals surface area contributed by atoms with Crippen LogP contribution in [0.3, 0.4) is 0 Å². The van der Waals surface area contributed by atoms with Crippen molar-refractivity contribution in [3.63, 3.8) is 0 Å². The molecule has 7 nitrogen and oxygen atoms in total. The van der Waals surface area contributed by atoms with Crippen LogP contribution in [0.4, 0.5) is 10.5 Å². The van der Waals surface area contributed by atoms with E-state index in [0.29, 0.717) is 17.2 Å². The molecule has 0 unspecified atom stereocenters. The molecule has 0 aliphatic carbocycles. The summed E-state index contributed by atoms with van der Waals surface area (Å²) < 4.78 is 16.1. The molecule has 2 aliphatic heterocycles. The number of rotatable bonds is 3. The molecule has 4 rings (SSSR count). The van der Waals surface area contributed by atoms with Gasteiger partial charge in [-0.15, -0.1) is 0 Å². The molecule has 3 heterocycles. The van der Waals surface area contributed by atoms with Crippen LogP contribution in [0.25, 0.3) is 0 Å². The zero-order valence-electron chi connectivity index (χ0n) is 14.4. The monoisotopic (exact) mass is 343 g/mol. The van der Waals surface area contributed by atoms with Crippen molar-refractivity contribution in [2.45, 2.75) is 39.2 Å². The van der Waals surface area contributed by atoms with Gasteiger partial charge in [0.15, 0.2) is 11.5 Å². The Morgan fingerprint density at radius 1 is 1.36 bits per heavy atom. The van der Waals surface area contributed by atoms with E-state index < -0.39 is 0 Å². The average Bonchev–Trinajstić information content (AvgIpc) is 3.32. The molecule has 2 aliphatic rings. The summed E-state index contributed by atoms with van der Waals surface area (Å²) in [5.41, 5.74) is 2.61. The van der Waals surface area contributed by atoms with Gasteiger partial charge in [0.2, 0.25) is 6.79 Å². The summed E-state index contributed by atoms with van der Waals surface area (Å²) in [6, 6.07) is 5.30. The van der Waals surface area contributed by atoms with E-state index >= 15 is 0 Å². The van der Waals surface area contributed by atoms with Gasteiger partial charge < -0.3 is 24.2 Å². The second-order valence-electron chi connectivity index (χ2n) is 6.31. The maximum atomic E-state index is 12.8. The van der Waals surface area contributed by atoms with Gasteiger partial charge in [-0.3, -0.25) is 0 Å². The van der Waals surface area contributed by atoms with Crippen molar-refractivity contribution in [3.05, 3.63) is 35.2 Å². The maximum absolute atomic E-state index is 12.8. The Balaban J connectivity index is 1.54. The minimum absolute atomic E-state index is 0.00945. The Labute approximate surface area is 145 Å². The number of carbonyl (C=O) groups excluding carboxylic acids is 1. The number of ether oxygens (including phenoxy) is 2. The van der Waals surface area contributed by atoms with Gasteiger partial charge in [-0.1, -0.05) is 12.1 Å². The number of urea groups is 1. The van der Waals surface area contributed by atoms with Crippen LogP contribution < -0.4 is 14.8 Å². The summed E-state index contributed by atoms with van der Waals surface area (Å²) in [4.78, 5) is 14.7. The molecule has 1 saturated heterocycles. The highest BCUT2D eigenvalue weighted by Gasteiger charge is 2.34. The predicted molar refractivity (Wildman–Crippen MR) is 90.9 cm³/mol. The number of nitrogens with one attached hydrogen (secondary N) is 1. The fourth-order valence-electron chi connectivity index (χ4n) is 3.59.